The Hall–Kier alpha value is -3.53. The van der Waals surface area contributed by atoms with Crippen molar-refractivity contribution in [2.75, 3.05) is 0 Å². The highest BCUT2D eigenvalue weighted by atomic mass is 35.5. The van der Waals surface area contributed by atoms with Crippen LogP contribution in [-0.2, 0) is 26.8 Å². The number of fused-ring (bicyclic) bond motifs is 1. The summed E-state index contributed by atoms with van der Waals surface area (Å²) in [4.78, 5) is 30.1. The van der Waals surface area contributed by atoms with Crippen molar-refractivity contribution < 1.29 is 17.9 Å². The zero-order chi connectivity index (χ0) is 23.2. The van der Waals surface area contributed by atoms with E-state index in [9.17, 15) is 22.8 Å². The monoisotopic (exact) mass is 464 g/mol. The summed E-state index contributed by atoms with van der Waals surface area (Å²) in [5.74, 6) is -0.107. The van der Waals surface area contributed by atoms with Crippen LogP contribution >= 0.6 is 11.6 Å². The van der Waals surface area contributed by atoms with E-state index in [4.69, 9.17) is 16.3 Å². The minimum atomic E-state index is -4.54. The van der Waals surface area contributed by atoms with Gasteiger partial charge in [-0.25, -0.2) is 4.79 Å². The van der Waals surface area contributed by atoms with Crippen LogP contribution in [0.15, 0.2) is 58.1 Å². The number of alkyl halides is 3. The molecule has 0 radical (unpaired) electrons. The van der Waals surface area contributed by atoms with Gasteiger partial charge in [-0.1, -0.05) is 29.8 Å². The fraction of sp³-hybridized carbons (Fsp3) is 0.190. The van der Waals surface area contributed by atoms with Gasteiger partial charge in [-0.05, 0) is 35.9 Å². The molecule has 0 saturated carbocycles. The van der Waals surface area contributed by atoms with Crippen LogP contribution in [0.2, 0.25) is 5.02 Å². The van der Waals surface area contributed by atoms with Crippen LogP contribution in [0.5, 0.6) is 11.8 Å². The maximum atomic E-state index is 13.1. The summed E-state index contributed by atoms with van der Waals surface area (Å²) < 4.78 is 48.0. The Labute approximate surface area is 183 Å². The highest BCUT2D eigenvalue weighted by Gasteiger charge is 2.31. The van der Waals surface area contributed by atoms with Gasteiger partial charge in [0.2, 0.25) is 0 Å². The molecule has 2 aromatic heterocycles. The van der Waals surface area contributed by atoms with Crippen LogP contribution in [0.4, 0.5) is 13.2 Å². The first-order chi connectivity index (χ1) is 15.1. The third kappa shape index (κ3) is 3.89. The number of ether oxygens (including phenoxy) is 1. The normalized spacial score (nSPS) is 11.8. The Bertz CT molecular complexity index is 1440. The lowest BCUT2D eigenvalue weighted by atomic mass is 10.2. The van der Waals surface area contributed by atoms with Gasteiger partial charge >= 0.3 is 17.9 Å². The summed E-state index contributed by atoms with van der Waals surface area (Å²) in [5.41, 5.74) is -1.27. The van der Waals surface area contributed by atoms with Gasteiger partial charge in [0.15, 0.2) is 11.2 Å². The molecule has 32 heavy (non-hydrogen) atoms. The fourth-order valence-corrected chi connectivity index (χ4v) is 3.39. The molecular formula is C21H16ClF3N4O3. The first-order valence-corrected chi connectivity index (χ1v) is 9.70. The van der Waals surface area contributed by atoms with E-state index in [-0.39, 0.29) is 29.5 Å². The molecule has 0 spiro atoms. The van der Waals surface area contributed by atoms with Crippen molar-refractivity contribution in [3.63, 3.8) is 0 Å². The van der Waals surface area contributed by atoms with Crippen molar-refractivity contribution in [1.82, 2.24) is 18.7 Å². The minimum Gasteiger partial charge on any atom is -0.425 e. The lowest BCUT2D eigenvalue weighted by molar-refractivity contribution is -0.137. The Morgan fingerprint density at radius 2 is 1.72 bits per heavy atom. The zero-order valence-corrected chi connectivity index (χ0v) is 17.6. The second-order valence-corrected chi connectivity index (χ2v) is 7.55. The molecule has 0 atom stereocenters. The summed E-state index contributed by atoms with van der Waals surface area (Å²) in [6.45, 7) is 0.00755. The first kappa shape index (κ1) is 21.7. The fourth-order valence-electron chi connectivity index (χ4n) is 3.27. The second kappa shape index (κ2) is 7.86. The number of nitrogens with zero attached hydrogens (tertiary/aromatic N) is 4. The molecule has 0 N–H and O–H groups in total. The maximum absolute atomic E-state index is 13.1. The molecule has 4 aromatic rings. The SMILES string of the molecule is Cn1c(Oc2cccc(C(F)(F)F)c2)nc2c1c(=O)n(Cc1ccc(Cl)cc1)c(=O)n2C. The molecule has 2 heterocycles. The summed E-state index contributed by atoms with van der Waals surface area (Å²) in [6, 6.07) is 10.9. The molecule has 0 amide bonds. The van der Waals surface area contributed by atoms with E-state index >= 15 is 0 Å². The molecule has 4 rings (SSSR count). The summed E-state index contributed by atoms with van der Waals surface area (Å²) in [6.07, 6.45) is -4.54. The van der Waals surface area contributed by atoms with Gasteiger partial charge < -0.3 is 4.74 Å². The van der Waals surface area contributed by atoms with E-state index in [1.165, 1.54) is 35.4 Å². The third-order valence-electron chi connectivity index (χ3n) is 4.94. The second-order valence-electron chi connectivity index (χ2n) is 7.11. The summed E-state index contributed by atoms with van der Waals surface area (Å²) in [7, 11) is 2.93. The van der Waals surface area contributed by atoms with Crippen molar-refractivity contribution in [3.05, 3.63) is 85.5 Å². The number of benzene rings is 2. The molecule has 0 unspecified atom stereocenters. The van der Waals surface area contributed by atoms with E-state index in [1.807, 2.05) is 0 Å². The molecule has 166 valence electrons. The van der Waals surface area contributed by atoms with Crippen LogP contribution in [-0.4, -0.2) is 18.7 Å². The smallest absolute Gasteiger partial charge is 0.416 e. The summed E-state index contributed by atoms with van der Waals surface area (Å²) >= 11 is 5.88. The van der Waals surface area contributed by atoms with Crippen LogP contribution in [0.25, 0.3) is 11.2 Å². The van der Waals surface area contributed by atoms with Gasteiger partial charge in [0, 0.05) is 19.1 Å². The number of rotatable bonds is 4. The Morgan fingerprint density at radius 3 is 2.38 bits per heavy atom. The summed E-state index contributed by atoms with van der Waals surface area (Å²) in [5, 5.41) is 0.521. The van der Waals surface area contributed by atoms with E-state index in [0.717, 1.165) is 16.7 Å². The van der Waals surface area contributed by atoms with E-state index in [1.54, 1.807) is 24.3 Å². The van der Waals surface area contributed by atoms with Gasteiger partial charge in [-0.3, -0.25) is 18.5 Å². The molecule has 0 fully saturated rings. The molecule has 11 heteroatoms. The van der Waals surface area contributed by atoms with Crippen molar-refractivity contribution in [3.8, 4) is 11.8 Å². The van der Waals surface area contributed by atoms with E-state index < -0.39 is 23.0 Å². The quantitative estimate of drug-likeness (QED) is 0.458. The molecule has 0 bridgehead atoms. The number of hydrogen-bond acceptors (Lipinski definition) is 4. The standard InChI is InChI=1S/C21H16ClF3N4O3/c1-27-16-17(26-19(27)32-15-5-3-4-13(10-15)21(23,24)25)28(2)20(31)29(18(16)30)11-12-6-8-14(22)9-7-12/h3-10H,11H2,1-2H3. The lowest BCUT2D eigenvalue weighted by Crippen LogP contribution is -2.39. The third-order valence-corrected chi connectivity index (χ3v) is 5.20. The Kier molecular flexibility index (Phi) is 5.33. The highest BCUT2D eigenvalue weighted by Crippen LogP contribution is 2.32. The number of halogens is 4. The number of aryl methyl sites for hydroxylation is 2. The van der Waals surface area contributed by atoms with Gasteiger partial charge in [-0.2, -0.15) is 18.2 Å². The molecule has 2 aromatic carbocycles. The van der Waals surface area contributed by atoms with Crippen LogP contribution in [0, 0.1) is 0 Å². The molecule has 0 aliphatic heterocycles. The number of aromatic nitrogens is 4. The van der Waals surface area contributed by atoms with Crippen molar-refractivity contribution in [1.29, 1.82) is 0 Å². The maximum Gasteiger partial charge on any atom is 0.416 e. The minimum absolute atomic E-state index is 0.00755. The first-order valence-electron chi connectivity index (χ1n) is 9.32. The predicted octanol–water partition coefficient (Wildman–Crippen LogP) is 3.95. The molecule has 0 aliphatic rings. The van der Waals surface area contributed by atoms with Gasteiger partial charge in [-0.15, -0.1) is 0 Å². The van der Waals surface area contributed by atoms with Crippen molar-refractivity contribution in [2.24, 2.45) is 14.1 Å². The molecule has 0 aliphatic carbocycles. The Morgan fingerprint density at radius 1 is 1.03 bits per heavy atom. The largest absolute Gasteiger partial charge is 0.425 e. The number of imidazole rings is 1. The van der Waals surface area contributed by atoms with E-state index in [0.29, 0.717) is 10.6 Å². The number of hydrogen-bond donors (Lipinski definition) is 0. The molecule has 0 saturated heterocycles. The Balaban J connectivity index is 1.79. The van der Waals surface area contributed by atoms with Gasteiger partial charge in [0.25, 0.3) is 5.56 Å². The van der Waals surface area contributed by atoms with Crippen molar-refractivity contribution >= 4 is 22.8 Å². The predicted molar refractivity (Wildman–Crippen MR) is 112 cm³/mol. The lowest BCUT2D eigenvalue weighted by Gasteiger charge is -2.10. The molecule has 7 nitrogen and oxygen atoms in total. The zero-order valence-electron chi connectivity index (χ0n) is 16.9. The van der Waals surface area contributed by atoms with Crippen molar-refractivity contribution in [2.45, 2.75) is 12.7 Å². The van der Waals surface area contributed by atoms with Crippen LogP contribution in [0.3, 0.4) is 0 Å². The average molecular weight is 465 g/mol. The average Bonchev–Trinajstić information content (AvgIpc) is 3.07. The van der Waals surface area contributed by atoms with Crippen LogP contribution in [0.1, 0.15) is 11.1 Å². The van der Waals surface area contributed by atoms with Gasteiger partial charge in [0.1, 0.15) is 5.75 Å². The molecular weight excluding hydrogens is 449 g/mol. The van der Waals surface area contributed by atoms with Crippen LogP contribution < -0.4 is 16.0 Å². The highest BCUT2D eigenvalue weighted by molar-refractivity contribution is 6.30. The van der Waals surface area contributed by atoms with E-state index in [2.05, 4.69) is 4.98 Å². The topological polar surface area (TPSA) is 71.1 Å². The van der Waals surface area contributed by atoms with Gasteiger partial charge in [0.05, 0.1) is 12.1 Å².